The number of benzene rings is 1. The first-order valence-corrected chi connectivity index (χ1v) is 5.96. The van der Waals surface area contributed by atoms with Gasteiger partial charge in [0.15, 0.2) is 0 Å². The number of aryl methyl sites for hydroxylation is 1. The van der Waals surface area contributed by atoms with Gasteiger partial charge in [-0.1, -0.05) is 12.1 Å². The van der Waals surface area contributed by atoms with Crippen molar-refractivity contribution < 1.29 is 14.6 Å². The van der Waals surface area contributed by atoms with Gasteiger partial charge in [0.05, 0.1) is 11.3 Å². The minimum atomic E-state index is -0.947. The molecule has 0 saturated carbocycles. The molecule has 0 saturated heterocycles. The lowest BCUT2D eigenvalue weighted by atomic mass is 10.1. The number of hydrogen-bond acceptors (Lipinski definition) is 3. The van der Waals surface area contributed by atoms with Crippen LogP contribution in [0.15, 0.2) is 36.5 Å². The van der Waals surface area contributed by atoms with Gasteiger partial charge in [0.1, 0.15) is 12.4 Å². The van der Waals surface area contributed by atoms with E-state index in [2.05, 4.69) is 4.98 Å². The van der Waals surface area contributed by atoms with Gasteiger partial charge in [-0.3, -0.25) is 4.98 Å². The minimum absolute atomic E-state index is 0.259. The van der Waals surface area contributed by atoms with E-state index in [1.54, 1.807) is 31.3 Å². The van der Waals surface area contributed by atoms with E-state index in [0.717, 1.165) is 11.3 Å². The summed E-state index contributed by atoms with van der Waals surface area (Å²) in [6.45, 7) is 4.03. The Labute approximate surface area is 111 Å². The van der Waals surface area contributed by atoms with Crippen molar-refractivity contribution in [3.8, 4) is 5.75 Å². The van der Waals surface area contributed by atoms with E-state index in [9.17, 15) is 4.79 Å². The van der Waals surface area contributed by atoms with Gasteiger partial charge >= 0.3 is 5.97 Å². The molecule has 98 valence electrons. The summed E-state index contributed by atoms with van der Waals surface area (Å²) < 4.78 is 5.67. The Bertz CT molecular complexity index is 608. The molecule has 1 aromatic carbocycles. The highest BCUT2D eigenvalue weighted by Gasteiger charge is 2.11. The standard InChI is InChI=1S/C15H15NO3/c1-10-5-4-8-16-13(10)9-19-14-7-3-6-12(11(14)2)15(17)18/h3-8H,9H2,1-2H3,(H,17,18). The van der Waals surface area contributed by atoms with Crippen LogP contribution in [0.5, 0.6) is 5.75 Å². The SMILES string of the molecule is Cc1cccnc1COc1cccc(C(=O)O)c1C. The third kappa shape index (κ3) is 2.91. The van der Waals surface area contributed by atoms with E-state index in [0.29, 0.717) is 17.9 Å². The highest BCUT2D eigenvalue weighted by molar-refractivity contribution is 5.90. The molecule has 1 N–H and O–H groups in total. The molecule has 0 radical (unpaired) electrons. The maximum absolute atomic E-state index is 11.0. The second-order valence-electron chi connectivity index (χ2n) is 4.29. The van der Waals surface area contributed by atoms with Gasteiger partial charge in [-0.15, -0.1) is 0 Å². The van der Waals surface area contributed by atoms with Gasteiger partial charge in [0.2, 0.25) is 0 Å². The van der Waals surface area contributed by atoms with Crippen LogP contribution >= 0.6 is 0 Å². The number of hydrogen-bond donors (Lipinski definition) is 1. The van der Waals surface area contributed by atoms with E-state index >= 15 is 0 Å². The number of carboxylic acid groups (broad SMARTS) is 1. The molecule has 0 amide bonds. The highest BCUT2D eigenvalue weighted by Crippen LogP contribution is 2.22. The van der Waals surface area contributed by atoms with Crippen LogP contribution < -0.4 is 4.74 Å². The van der Waals surface area contributed by atoms with Crippen molar-refractivity contribution in [2.45, 2.75) is 20.5 Å². The van der Waals surface area contributed by atoms with Crippen molar-refractivity contribution in [2.75, 3.05) is 0 Å². The molecule has 0 bridgehead atoms. The Hall–Kier alpha value is -2.36. The predicted octanol–water partition coefficient (Wildman–Crippen LogP) is 2.98. The quantitative estimate of drug-likeness (QED) is 0.914. The highest BCUT2D eigenvalue weighted by atomic mass is 16.5. The zero-order valence-corrected chi connectivity index (χ0v) is 10.9. The lowest BCUT2D eigenvalue weighted by molar-refractivity contribution is 0.0695. The number of carbonyl (C=O) groups is 1. The monoisotopic (exact) mass is 257 g/mol. The van der Waals surface area contributed by atoms with E-state index in [4.69, 9.17) is 9.84 Å². The molecule has 0 unspecified atom stereocenters. The summed E-state index contributed by atoms with van der Waals surface area (Å²) in [6, 6.07) is 8.84. The normalized spacial score (nSPS) is 10.2. The molecule has 0 fully saturated rings. The Kier molecular flexibility index (Phi) is 3.80. The van der Waals surface area contributed by atoms with Crippen molar-refractivity contribution in [3.63, 3.8) is 0 Å². The maximum Gasteiger partial charge on any atom is 0.336 e. The molecule has 0 aliphatic heterocycles. The van der Waals surface area contributed by atoms with Crippen molar-refractivity contribution >= 4 is 5.97 Å². The zero-order chi connectivity index (χ0) is 13.8. The Morgan fingerprint density at radius 1 is 1.26 bits per heavy atom. The maximum atomic E-state index is 11.0. The number of ether oxygens (including phenoxy) is 1. The van der Waals surface area contributed by atoms with E-state index < -0.39 is 5.97 Å². The molecule has 4 heteroatoms. The third-order valence-electron chi connectivity index (χ3n) is 3.00. The summed E-state index contributed by atoms with van der Waals surface area (Å²) >= 11 is 0. The molecular weight excluding hydrogens is 242 g/mol. The number of rotatable bonds is 4. The lowest BCUT2D eigenvalue weighted by Crippen LogP contribution is -2.05. The summed E-state index contributed by atoms with van der Waals surface area (Å²) in [6.07, 6.45) is 1.71. The fraction of sp³-hybridized carbons (Fsp3) is 0.200. The smallest absolute Gasteiger partial charge is 0.336 e. The van der Waals surface area contributed by atoms with Crippen LogP contribution in [0.1, 0.15) is 27.2 Å². The topological polar surface area (TPSA) is 59.4 Å². The predicted molar refractivity (Wildman–Crippen MR) is 71.4 cm³/mol. The van der Waals surface area contributed by atoms with Crippen LogP contribution in [-0.4, -0.2) is 16.1 Å². The van der Waals surface area contributed by atoms with Gasteiger partial charge in [0.25, 0.3) is 0 Å². The number of carboxylic acids is 1. The van der Waals surface area contributed by atoms with Crippen LogP contribution in [0.4, 0.5) is 0 Å². The molecule has 0 atom stereocenters. The lowest BCUT2D eigenvalue weighted by Gasteiger charge is -2.11. The molecule has 0 spiro atoms. The molecule has 2 rings (SSSR count). The summed E-state index contributed by atoms with van der Waals surface area (Å²) in [5.41, 5.74) is 2.79. The van der Waals surface area contributed by atoms with Crippen LogP contribution in [0.2, 0.25) is 0 Å². The van der Waals surface area contributed by atoms with Gasteiger partial charge in [0, 0.05) is 11.8 Å². The Morgan fingerprint density at radius 2 is 2.05 bits per heavy atom. The van der Waals surface area contributed by atoms with Gasteiger partial charge in [-0.25, -0.2) is 4.79 Å². The Balaban J connectivity index is 2.19. The van der Waals surface area contributed by atoms with Crippen LogP contribution in [0, 0.1) is 13.8 Å². The number of aromatic nitrogens is 1. The molecule has 0 aliphatic carbocycles. The molecule has 2 aromatic rings. The first-order chi connectivity index (χ1) is 9.09. The molecule has 4 nitrogen and oxygen atoms in total. The van der Waals surface area contributed by atoms with Gasteiger partial charge < -0.3 is 9.84 Å². The van der Waals surface area contributed by atoms with Crippen LogP contribution in [0.3, 0.4) is 0 Å². The number of nitrogens with zero attached hydrogens (tertiary/aromatic N) is 1. The van der Waals surface area contributed by atoms with Gasteiger partial charge in [-0.05, 0) is 37.6 Å². The fourth-order valence-electron chi connectivity index (χ4n) is 1.82. The Morgan fingerprint density at radius 3 is 2.74 bits per heavy atom. The summed E-state index contributed by atoms with van der Waals surface area (Å²) in [4.78, 5) is 15.3. The van der Waals surface area contributed by atoms with E-state index in [-0.39, 0.29) is 5.56 Å². The van der Waals surface area contributed by atoms with Gasteiger partial charge in [-0.2, -0.15) is 0 Å². The average Bonchev–Trinajstić information content (AvgIpc) is 2.39. The largest absolute Gasteiger partial charge is 0.487 e. The second kappa shape index (κ2) is 5.52. The molecule has 1 heterocycles. The van der Waals surface area contributed by atoms with Crippen LogP contribution in [0.25, 0.3) is 0 Å². The first-order valence-electron chi connectivity index (χ1n) is 5.96. The zero-order valence-electron chi connectivity index (χ0n) is 10.9. The van der Waals surface area contributed by atoms with E-state index in [1.807, 2.05) is 19.1 Å². The summed E-state index contributed by atoms with van der Waals surface area (Å²) in [7, 11) is 0. The average molecular weight is 257 g/mol. The minimum Gasteiger partial charge on any atom is -0.487 e. The summed E-state index contributed by atoms with van der Waals surface area (Å²) in [5.74, 6) is -0.373. The molecule has 1 aromatic heterocycles. The summed E-state index contributed by atoms with van der Waals surface area (Å²) in [5, 5.41) is 9.05. The fourth-order valence-corrected chi connectivity index (χ4v) is 1.82. The van der Waals surface area contributed by atoms with Crippen molar-refractivity contribution in [1.82, 2.24) is 4.98 Å². The first kappa shape index (κ1) is 13.1. The van der Waals surface area contributed by atoms with Crippen molar-refractivity contribution in [3.05, 3.63) is 58.9 Å². The second-order valence-corrected chi connectivity index (χ2v) is 4.29. The number of aromatic carboxylic acids is 1. The third-order valence-corrected chi connectivity index (χ3v) is 3.00. The number of pyridine rings is 1. The van der Waals surface area contributed by atoms with Crippen molar-refractivity contribution in [2.24, 2.45) is 0 Å². The van der Waals surface area contributed by atoms with E-state index in [1.165, 1.54) is 0 Å². The van der Waals surface area contributed by atoms with Crippen LogP contribution in [-0.2, 0) is 6.61 Å². The van der Waals surface area contributed by atoms with Crippen molar-refractivity contribution in [1.29, 1.82) is 0 Å². The molecular formula is C15H15NO3. The molecule has 0 aliphatic rings. The molecule has 19 heavy (non-hydrogen) atoms.